The van der Waals surface area contributed by atoms with E-state index in [4.69, 9.17) is 0 Å². The van der Waals surface area contributed by atoms with Gasteiger partial charge in [-0.1, -0.05) is 6.07 Å². The Bertz CT molecular complexity index is 1110. The Hall–Kier alpha value is -3.06. The average Bonchev–Trinajstić information content (AvgIpc) is 3.03. The molecule has 0 amide bonds. The maximum absolute atomic E-state index is 9.84. The molecule has 1 aromatic carbocycles. The highest BCUT2D eigenvalue weighted by molar-refractivity contribution is 5.95. The molecular weight excluding hydrogens is 328 g/mol. The van der Waals surface area contributed by atoms with Gasteiger partial charge in [-0.25, -0.2) is 4.98 Å². The average molecular weight is 346 g/mol. The van der Waals surface area contributed by atoms with Crippen molar-refractivity contribution in [3.63, 3.8) is 0 Å². The quantitative estimate of drug-likeness (QED) is 0.527. The molecule has 1 aliphatic rings. The van der Waals surface area contributed by atoms with Crippen LogP contribution in [0.15, 0.2) is 43.0 Å². The van der Waals surface area contributed by atoms with Gasteiger partial charge in [0.15, 0.2) is 0 Å². The van der Waals surface area contributed by atoms with Crippen molar-refractivity contribution < 1.29 is 5.11 Å². The van der Waals surface area contributed by atoms with Crippen LogP contribution in [0.3, 0.4) is 0 Å². The van der Waals surface area contributed by atoms with Crippen molar-refractivity contribution in [2.45, 2.75) is 31.4 Å². The maximum Gasteiger partial charge on any atom is 0.224 e. The van der Waals surface area contributed by atoms with Crippen molar-refractivity contribution >= 4 is 28.0 Å². The van der Waals surface area contributed by atoms with Gasteiger partial charge in [0.1, 0.15) is 5.65 Å². The number of nitrogens with one attached hydrogen (secondary N) is 2. The SMILES string of the molecule is CC1(O)CC(Nc2ncc3c(-c4ccc5nccnc5c4)c[nH]c3n2)C1. The van der Waals surface area contributed by atoms with Crippen molar-refractivity contribution in [1.29, 1.82) is 0 Å². The van der Waals surface area contributed by atoms with Gasteiger partial charge in [0.05, 0.1) is 16.6 Å². The van der Waals surface area contributed by atoms with Crippen LogP contribution >= 0.6 is 0 Å². The van der Waals surface area contributed by atoms with E-state index in [0.29, 0.717) is 18.8 Å². The third-order valence-corrected chi connectivity index (χ3v) is 4.92. The Kier molecular flexibility index (Phi) is 3.20. The van der Waals surface area contributed by atoms with E-state index < -0.39 is 5.60 Å². The van der Waals surface area contributed by atoms with Crippen LogP contribution in [0.5, 0.6) is 0 Å². The molecule has 1 saturated carbocycles. The van der Waals surface area contributed by atoms with Gasteiger partial charge in [0.25, 0.3) is 0 Å². The molecule has 1 fully saturated rings. The molecule has 130 valence electrons. The Morgan fingerprint density at radius 3 is 2.77 bits per heavy atom. The second kappa shape index (κ2) is 5.47. The number of benzene rings is 1. The fraction of sp³-hybridized carbons (Fsp3) is 0.263. The van der Waals surface area contributed by atoms with Crippen LogP contribution in [0.25, 0.3) is 33.2 Å². The van der Waals surface area contributed by atoms with Gasteiger partial charge in [-0.2, -0.15) is 4.98 Å². The lowest BCUT2D eigenvalue weighted by atomic mass is 9.77. The van der Waals surface area contributed by atoms with E-state index in [1.165, 1.54) is 0 Å². The van der Waals surface area contributed by atoms with Gasteiger partial charge in [0, 0.05) is 41.8 Å². The molecule has 0 unspecified atom stereocenters. The molecule has 4 aromatic rings. The minimum absolute atomic E-state index is 0.218. The summed E-state index contributed by atoms with van der Waals surface area (Å²) < 4.78 is 0. The standard InChI is InChI=1S/C19H18N6O/c1-19(26)7-12(8-19)24-18-23-10-14-13(9-22-17(14)25-18)11-2-3-15-16(6-11)21-5-4-20-15/h2-6,9-10,12,26H,7-8H2,1H3,(H2,22,23,24,25). The van der Waals surface area contributed by atoms with Gasteiger partial charge >= 0.3 is 0 Å². The minimum Gasteiger partial charge on any atom is -0.390 e. The number of aliphatic hydroxyl groups is 1. The largest absolute Gasteiger partial charge is 0.390 e. The van der Waals surface area contributed by atoms with E-state index in [1.807, 2.05) is 37.5 Å². The van der Waals surface area contributed by atoms with Crippen LogP contribution in [0, 0.1) is 0 Å². The van der Waals surface area contributed by atoms with Gasteiger partial charge in [-0.15, -0.1) is 0 Å². The molecule has 26 heavy (non-hydrogen) atoms. The number of hydrogen-bond acceptors (Lipinski definition) is 6. The van der Waals surface area contributed by atoms with Crippen molar-refractivity contribution in [2.24, 2.45) is 0 Å². The summed E-state index contributed by atoms with van der Waals surface area (Å²) in [5.41, 5.74) is 4.02. The van der Waals surface area contributed by atoms with Crippen LogP contribution < -0.4 is 5.32 Å². The Labute approximate surface area is 149 Å². The monoisotopic (exact) mass is 346 g/mol. The third-order valence-electron chi connectivity index (χ3n) is 4.92. The summed E-state index contributed by atoms with van der Waals surface area (Å²) in [5.74, 6) is 0.579. The summed E-state index contributed by atoms with van der Waals surface area (Å²) >= 11 is 0. The molecule has 3 aromatic heterocycles. The number of nitrogens with zero attached hydrogens (tertiary/aromatic N) is 4. The molecule has 0 aliphatic heterocycles. The normalized spacial score (nSPS) is 22.5. The number of fused-ring (bicyclic) bond motifs is 2. The molecule has 1 aliphatic carbocycles. The topological polar surface area (TPSA) is 99.6 Å². The second-order valence-electron chi connectivity index (χ2n) is 7.16. The van der Waals surface area contributed by atoms with E-state index in [1.54, 1.807) is 12.4 Å². The predicted molar refractivity (Wildman–Crippen MR) is 99.7 cm³/mol. The zero-order chi connectivity index (χ0) is 17.7. The molecule has 0 radical (unpaired) electrons. The predicted octanol–water partition coefficient (Wildman–Crippen LogP) is 2.89. The molecule has 5 rings (SSSR count). The van der Waals surface area contributed by atoms with Crippen LogP contribution in [-0.2, 0) is 0 Å². The van der Waals surface area contributed by atoms with E-state index >= 15 is 0 Å². The zero-order valence-corrected chi connectivity index (χ0v) is 14.3. The summed E-state index contributed by atoms with van der Waals surface area (Å²) in [4.78, 5) is 20.9. The summed E-state index contributed by atoms with van der Waals surface area (Å²) in [6.45, 7) is 1.85. The first-order chi connectivity index (χ1) is 12.6. The van der Waals surface area contributed by atoms with E-state index in [-0.39, 0.29) is 6.04 Å². The maximum atomic E-state index is 9.84. The van der Waals surface area contributed by atoms with Crippen molar-refractivity contribution in [3.05, 3.63) is 43.0 Å². The summed E-state index contributed by atoms with van der Waals surface area (Å²) in [6, 6.07) is 6.24. The highest BCUT2D eigenvalue weighted by Crippen LogP contribution is 2.34. The Morgan fingerprint density at radius 1 is 1.15 bits per heavy atom. The van der Waals surface area contributed by atoms with Crippen LogP contribution in [0.4, 0.5) is 5.95 Å². The van der Waals surface area contributed by atoms with E-state index in [0.717, 1.165) is 33.2 Å². The molecule has 7 nitrogen and oxygen atoms in total. The number of hydrogen-bond donors (Lipinski definition) is 3. The lowest BCUT2D eigenvalue weighted by Gasteiger charge is -2.41. The first-order valence-corrected chi connectivity index (χ1v) is 8.62. The van der Waals surface area contributed by atoms with Gasteiger partial charge in [0.2, 0.25) is 5.95 Å². The first-order valence-electron chi connectivity index (χ1n) is 8.62. The third kappa shape index (κ3) is 2.57. The fourth-order valence-electron chi connectivity index (χ4n) is 3.63. The number of H-pyrrole nitrogens is 1. The highest BCUT2D eigenvalue weighted by atomic mass is 16.3. The van der Waals surface area contributed by atoms with Crippen molar-refractivity contribution in [2.75, 3.05) is 5.32 Å². The van der Waals surface area contributed by atoms with E-state index in [9.17, 15) is 5.11 Å². The Morgan fingerprint density at radius 2 is 1.96 bits per heavy atom. The number of aromatic amines is 1. The van der Waals surface area contributed by atoms with Crippen molar-refractivity contribution in [3.8, 4) is 11.1 Å². The number of anilines is 1. The second-order valence-corrected chi connectivity index (χ2v) is 7.16. The lowest BCUT2D eigenvalue weighted by Crippen LogP contribution is -2.48. The molecule has 0 atom stereocenters. The van der Waals surface area contributed by atoms with E-state index in [2.05, 4.69) is 30.2 Å². The first kappa shape index (κ1) is 15.2. The van der Waals surface area contributed by atoms with Crippen LogP contribution in [0.1, 0.15) is 19.8 Å². The number of aromatic nitrogens is 5. The van der Waals surface area contributed by atoms with Crippen LogP contribution in [-0.4, -0.2) is 41.7 Å². The minimum atomic E-state index is -0.569. The van der Waals surface area contributed by atoms with Gasteiger partial charge in [-0.05, 0) is 37.5 Å². The van der Waals surface area contributed by atoms with Crippen LogP contribution in [0.2, 0.25) is 0 Å². The summed E-state index contributed by atoms with van der Waals surface area (Å²) in [6.07, 6.45) is 8.58. The lowest BCUT2D eigenvalue weighted by molar-refractivity contribution is -0.0235. The smallest absolute Gasteiger partial charge is 0.224 e. The highest BCUT2D eigenvalue weighted by Gasteiger charge is 2.38. The molecule has 3 heterocycles. The van der Waals surface area contributed by atoms with Gasteiger partial charge < -0.3 is 15.4 Å². The Balaban J connectivity index is 1.47. The molecular formula is C19H18N6O. The zero-order valence-electron chi connectivity index (χ0n) is 14.3. The molecule has 0 saturated heterocycles. The summed E-state index contributed by atoms with van der Waals surface area (Å²) in [5, 5.41) is 14.1. The molecule has 3 N–H and O–H groups in total. The molecule has 7 heteroatoms. The summed E-state index contributed by atoms with van der Waals surface area (Å²) in [7, 11) is 0. The van der Waals surface area contributed by atoms with Gasteiger partial charge in [-0.3, -0.25) is 9.97 Å². The fourth-order valence-corrected chi connectivity index (χ4v) is 3.63. The number of rotatable bonds is 3. The molecule has 0 spiro atoms. The van der Waals surface area contributed by atoms with Crippen molar-refractivity contribution in [1.82, 2.24) is 24.9 Å². The molecule has 0 bridgehead atoms.